The number of thiophene rings is 1. The van der Waals surface area contributed by atoms with Crippen LogP contribution in [0.2, 0.25) is 0 Å². The van der Waals surface area contributed by atoms with Gasteiger partial charge in [-0.05, 0) is 43.8 Å². The minimum atomic E-state index is -0.434. The molecule has 0 aliphatic rings. The van der Waals surface area contributed by atoms with Crippen LogP contribution in [-0.2, 0) is 11.8 Å². The van der Waals surface area contributed by atoms with Crippen LogP contribution in [0.5, 0.6) is 0 Å². The van der Waals surface area contributed by atoms with E-state index in [1.54, 1.807) is 0 Å². The van der Waals surface area contributed by atoms with Crippen LogP contribution >= 0.6 is 11.3 Å². The molecule has 0 unspecified atom stereocenters. The Balaban J connectivity index is 2.04. The van der Waals surface area contributed by atoms with Gasteiger partial charge in [0.2, 0.25) is 5.78 Å². The summed E-state index contributed by atoms with van der Waals surface area (Å²) in [4.78, 5) is 24.5. The number of hydrogen-bond acceptors (Lipinski definition) is 4. The van der Waals surface area contributed by atoms with Crippen molar-refractivity contribution in [3.05, 3.63) is 44.9 Å². The molecule has 0 amide bonds. The lowest BCUT2D eigenvalue weighted by Crippen LogP contribution is -2.14. The Morgan fingerprint density at radius 3 is 2.50 bits per heavy atom. The zero-order chi connectivity index (χ0) is 14.9. The number of Topliss-reactive ketones (excluding diaryl/α,β-unsaturated/α-hetero) is 1. The minimum Gasteiger partial charge on any atom is -0.453 e. The molecule has 0 spiro atoms. The quantitative estimate of drug-likeness (QED) is 0.642. The third-order valence-electron chi connectivity index (χ3n) is 3.46. The molecule has 106 valence electrons. The average molecular weight is 291 g/mol. The molecule has 2 heterocycles. The van der Waals surface area contributed by atoms with Crippen LogP contribution in [-0.4, -0.2) is 22.9 Å². The largest absolute Gasteiger partial charge is 0.453 e. The van der Waals surface area contributed by atoms with Gasteiger partial charge >= 0.3 is 5.97 Å². The SMILES string of the molecule is Cc1ccsc1C(=O)OCC(=O)c1cc(C)n(C)c1C. The molecule has 0 fully saturated rings. The van der Waals surface area contributed by atoms with E-state index in [9.17, 15) is 9.59 Å². The van der Waals surface area contributed by atoms with Crippen LogP contribution in [0.4, 0.5) is 0 Å². The van der Waals surface area contributed by atoms with Gasteiger partial charge in [-0.1, -0.05) is 0 Å². The lowest BCUT2D eigenvalue weighted by Gasteiger charge is -2.04. The van der Waals surface area contributed by atoms with Gasteiger partial charge in [-0.3, -0.25) is 4.79 Å². The Morgan fingerprint density at radius 1 is 1.30 bits per heavy atom. The monoisotopic (exact) mass is 291 g/mol. The summed E-state index contributed by atoms with van der Waals surface area (Å²) >= 11 is 1.32. The maximum absolute atomic E-state index is 12.1. The molecule has 0 aliphatic heterocycles. The molecule has 2 rings (SSSR count). The lowest BCUT2D eigenvalue weighted by atomic mass is 10.1. The summed E-state index contributed by atoms with van der Waals surface area (Å²) < 4.78 is 7.04. The maximum atomic E-state index is 12.1. The third kappa shape index (κ3) is 2.67. The highest BCUT2D eigenvalue weighted by atomic mass is 32.1. The second kappa shape index (κ2) is 5.63. The molecule has 5 heteroatoms. The van der Waals surface area contributed by atoms with Crippen LogP contribution in [0.15, 0.2) is 17.5 Å². The molecule has 4 nitrogen and oxygen atoms in total. The molecule has 0 aromatic carbocycles. The van der Waals surface area contributed by atoms with Gasteiger partial charge in [0.1, 0.15) is 4.88 Å². The van der Waals surface area contributed by atoms with E-state index in [1.165, 1.54) is 11.3 Å². The van der Waals surface area contributed by atoms with Crippen LogP contribution in [0.1, 0.15) is 37.0 Å². The Morgan fingerprint density at radius 2 is 2.00 bits per heavy atom. The summed E-state index contributed by atoms with van der Waals surface area (Å²) in [5, 5.41) is 1.83. The Hall–Kier alpha value is -1.88. The van der Waals surface area contributed by atoms with E-state index in [1.807, 2.05) is 49.9 Å². The molecule has 0 saturated carbocycles. The Bertz CT molecular complexity index is 667. The normalized spacial score (nSPS) is 10.6. The molecular formula is C15H17NO3S. The van der Waals surface area contributed by atoms with Crippen molar-refractivity contribution in [1.82, 2.24) is 4.57 Å². The van der Waals surface area contributed by atoms with Crippen molar-refractivity contribution in [2.75, 3.05) is 6.61 Å². The summed E-state index contributed by atoms with van der Waals surface area (Å²) in [6.07, 6.45) is 0. The molecule has 0 bridgehead atoms. The van der Waals surface area contributed by atoms with Gasteiger partial charge in [-0.25, -0.2) is 4.79 Å². The molecule has 0 atom stereocenters. The van der Waals surface area contributed by atoms with Gasteiger partial charge in [-0.2, -0.15) is 0 Å². The highest BCUT2D eigenvalue weighted by Gasteiger charge is 2.18. The van der Waals surface area contributed by atoms with Gasteiger partial charge in [0.25, 0.3) is 0 Å². The Labute approximate surface area is 122 Å². The molecule has 2 aromatic heterocycles. The van der Waals surface area contributed by atoms with E-state index < -0.39 is 5.97 Å². The van der Waals surface area contributed by atoms with Crippen molar-refractivity contribution >= 4 is 23.1 Å². The summed E-state index contributed by atoms with van der Waals surface area (Å²) in [5.74, 6) is -0.607. The summed E-state index contributed by atoms with van der Waals surface area (Å²) in [5.41, 5.74) is 3.38. The average Bonchev–Trinajstić information content (AvgIpc) is 2.95. The van der Waals surface area contributed by atoms with E-state index in [2.05, 4.69) is 0 Å². The smallest absolute Gasteiger partial charge is 0.349 e. The van der Waals surface area contributed by atoms with Crippen molar-refractivity contribution in [3.8, 4) is 0 Å². The highest BCUT2D eigenvalue weighted by molar-refractivity contribution is 7.12. The predicted molar refractivity (Wildman–Crippen MR) is 78.6 cm³/mol. The van der Waals surface area contributed by atoms with Gasteiger partial charge in [0.15, 0.2) is 6.61 Å². The molecule has 0 saturated heterocycles. The third-order valence-corrected chi connectivity index (χ3v) is 4.45. The van der Waals surface area contributed by atoms with E-state index >= 15 is 0 Å². The molecule has 0 radical (unpaired) electrons. The van der Waals surface area contributed by atoms with Crippen LogP contribution < -0.4 is 0 Å². The van der Waals surface area contributed by atoms with Crippen LogP contribution in [0.3, 0.4) is 0 Å². The number of aromatic nitrogens is 1. The van der Waals surface area contributed by atoms with E-state index in [-0.39, 0.29) is 12.4 Å². The number of hydrogen-bond donors (Lipinski definition) is 0. The van der Waals surface area contributed by atoms with Crippen molar-refractivity contribution in [1.29, 1.82) is 0 Å². The van der Waals surface area contributed by atoms with Crippen molar-refractivity contribution in [2.45, 2.75) is 20.8 Å². The second-order valence-electron chi connectivity index (χ2n) is 4.78. The lowest BCUT2D eigenvalue weighted by molar-refractivity contribution is 0.0478. The second-order valence-corrected chi connectivity index (χ2v) is 5.69. The number of carbonyl (C=O) groups is 2. The van der Waals surface area contributed by atoms with E-state index in [4.69, 9.17) is 4.74 Å². The van der Waals surface area contributed by atoms with Gasteiger partial charge in [0.05, 0.1) is 0 Å². The van der Waals surface area contributed by atoms with Crippen LogP contribution in [0.25, 0.3) is 0 Å². The summed E-state index contributed by atoms with van der Waals surface area (Å²) in [6.45, 7) is 5.44. The van der Waals surface area contributed by atoms with Gasteiger partial charge in [0, 0.05) is 24.0 Å². The number of carbonyl (C=O) groups excluding carboxylic acids is 2. The number of nitrogens with zero attached hydrogens (tertiary/aromatic N) is 1. The Kier molecular flexibility index (Phi) is 4.09. The van der Waals surface area contributed by atoms with E-state index in [0.29, 0.717) is 10.4 Å². The fourth-order valence-electron chi connectivity index (χ4n) is 1.99. The molecule has 20 heavy (non-hydrogen) atoms. The summed E-state index contributed by atoms with van der Waals surface area (Å²) in [7, 11) is 1.91. The summed E-state index contributed by atoms with van der Waals surface area (Å²) in [6, 6.07) is 3.68. The van der Waals surface area contributed by atoms with Crippen molar-refractivity contribution < 1.29 is 14.3 Å². The number of esters is 1. The topological polar surface area (TPSA) is 48.3 Å². The van der Waals surface area contributed by atoms with Crippen molar-refractivity contribution in [2.24, 2.45) is 7.05 Å². The maximum Gasteiger partial charge on any atom is 0.349 e. The first-order valence-corrected chi connectivity index (χ1v) is 7.17. The molecule has 2 aromatic rings. The fourth-order valence-corrected chi connectivity index (χ4v) is 2.81. The van der Waals surface area contributed by atoms with Crippen molar-refractivity contribution in [3.63, 3.8) is 0 Å². The predicted octanol–water partition coefficient (Wildman–Crippen LogP) is 3.05. The number of ketones is 1. The number of rotatable bonds is 4. The van der Waals surface area contributed by atoms with Gasteiger partial charge < -0.3 is 9.30 Å². The molecular weight excluding hydrogens is 274 g/mol. The standard InChI is InChI=1S/C15H17NO3S/c1-9-5-6-20-14(9)15(18)19-8-13(17)12-7-10(2)16(4)11(12)3/h5-7H,8H2,1-4H3. The van der Waals surface area contributed by atoms with Crippen LogP contribution in [0, 0.1) is 20.8 Å². The first kappa shape index (κ1) is 14.5. The van der Waals surface area contributed by atoms with Gasteiger partial charge in [-0.15, -0.1) is 11.3 Å². The van der Waals surface area contributed by atoms with E-state index in [0.717, 1.165) is 17.0 Å². The molecule has 0 aliphatic carbocycles. The zero-order valence-corrected chi connectivity index (χ0v) is 12.8. The fraction of sp³-hybridized carbons (Fsp3) is 0.333. The minimum absolute atomic E-state index is 0.172. The molecule has 0 N–H and O–H groups in total. The first-order valence-electron chi connectivity index (χ1n) is 6.29. The first-order chi connectivity index (χ1) is 9.41. The highest BCUT2D eigenvalue weighted by Crippen LogP contribution is 2.18. The number of aryl methyl sites for hydroxylation is 2. The number of ether oxygens (including phenoxy) is 1. The zero-order valence-electron chi connectivity index (χ0n) is 12.0.